The molecule has 1 heterocycles. The second kappa shape index (κ2) is 8.52. The van der Waals surface area contributed by atoms with Crippen LogP contribution in [0.2, 0.25) is 0 Å². The molecule has 0 atom stereocenters. The van der Waals surface area contributed by atoms with Gasteiger partial charge in [-0.15, -0.1) is 0 Å². The monoisotopic (exact) mass is 375 g/mol. The number of hydrogen-bond acceptors (Lipinski definition) is 4. The van der Waals surface area contributed by atoms with Crippen molar-refractivity contribution in [3.8, 4) is 0 Å². The van der Waals surface area contributed by atoms with Gasteiger partial charge in [0.25, 0.3) is 0 Å². The van der Waals surface area contributed by atoms with Gasteiger partial charge in [0.05, 0.1) is 13.2 Å². The Hall–Kier alpha value is -2.41. The number of aryl methyl sites for hydroxylation is 1. The van der Waals surface area contributed by atoms with Gasteiger partial charge in [0, 0.05) is 24.8 Å². The molecular weight excluding hydrogens is 346 g/mol. The summed E-state index contributed by atoms with van der Waals surface area (Å²) in [6.07, 6.45) is 0. The molecule has 2 rings (SSSR count). The SMILES string of the molecule is COCCN(CC(=O)N1CC(=O)N(c2cccc(C)c2)C1)C(=O)C(C)(C)C. The molecule has 0 radical (unpaired) electrons. The molecule has 7 nitrogen and oxygen atoms in total. The largest absolute Gasteiger partial charge is 0.383 e. The lowest BCUT2D eigenvalue weighted by molar-refractivity contribution is -0.145. The molecule has 1 aliphatic heterocycles. The standard InChI is InChI=1S/C20H29N3O4/c1-15-7-6-8-16(11-15)23-14-22(13-18(23)25)17(24)12-21(9-10-27-5)19(26)20(2,3)4/h6-8,11H,9-10,12-14H2,1-5H3. The number of nitrogens with zero attached hydrogens (tertiary/aromatic N) is 3. The predicted octanol–water partition coefficient (Wildman–Crippen LogP) is 1.65. The van der Waals surface area contributed by atoms with Crippen molar-refractivity contribution in [2.45, 2.75) is 27.7 Å². The van der Waals surface area contributed by atoms with E-state index >= 15 is 0 Å². The Labute approximate surface area is 160 Å². The summed E-state index contributed by atoms with van der Waals surface area (Å²) in [4.78, 5) is 42.4. The molecule has 27 heavy (non-hydrogen) atoms. The number of benzene rings is 1. The van der Waals surface area contributed by atoms with E-state index < -0.39 is 5.41 Å². The minimum atomic E-state index is -0.595. The van der Waals surface area contributed by atoms with Crippen LogP contribution >= 0.6 is 0 Å². The molecule has 3 amide bonds. The van der Waals surface area contributed by atoms with E-state index in [4.69, 9.17) is 4.74 Å². The molecule has 1 aromatic carbocycles. The minimum absolute atomic E-state index is 0.0224. The molecule has 0 unspecified atom stereocenters. The average molecular weight is 375 g/mol. The van der Waals surface area contributed by atoms with Crippen molar-refractivity contribution in [3.63, 3.8) is 0 Å². The smallest absolute Gasteiger partial charge is 0.248 e. The lowest BCUT2D eigenvalue weighted by atomic mass is 9.94. The molecule has 0 aliphatic carbocycles. The second-order valence-corrected chi connectivity index (χ2v) is 7.86. The van der Waals surface area contributed by atoms with E-state index in [-0.39, 0.29) is 37.5 Å². The number of hydrogen-bond donors (Lipinski definition) is 0. The van der Waals surface area contributed by atoms with Crippen molar-refractivity contribution in [3.05, 3.63) is 29.8 Å². The van der Waals surface area contributed by atoms with Gasteiger partial charge >= 0.3 is 0 Å². The summed E-state index contributed by atoms with van der Waals surface area (Å²) in [7, 11) is 1.56. The maximum Gasteiger partial charge on any atom is 0.248 e. The summed E-state index contributed by atoms with van der Waals surface area (Å²) in [5.41, 5.74) is 1.23. The maximum absolute atomic E-state index is 12.8. The van der Waals surface area contributed by atoms with Crippen molar-refractivity contribution < 1.29 is 19.1 Å². The van der Waals surface area contributed by atoms with Gasteiger partial charge in [0.1, 0.15) is 13.2 Å². The van der Waals surface area contributed by atoms with Crippen LogP contribution in [-0.2, 0) is 19.1 Å². The Morgan fingerprint density at radius 1 is 1.26 bits per heavy atom. The first kappa shape index (κ1) is 20.9. The highest BCUT2D eigenvalue weighted by atomic mass is 16.5. The van der Waals surface area contributed by atoms with Crippen LogP contribution in [0.1, 0.15) is 26.3 Å². The van der Waals surface area contributed by atoms with Gasteiger partial charge in [-0.25, -0.2) is 0 Å². The molecule has 1 aliphatic rings. The van der Waals surface area contributed by atoms with Crippen LogP contribution in [0.15, 0.2) is 24.3 Å². The highest BCUT2D eigenvalue weighted by Gasteiger charge is 2.34. The topological polar surface area (TPSA) is 70.2 Å². The van der Waals surface area contributed by atoms with E-state index in [1.165, 1.54) is 9.80 Å². The van der Waals surface area contributed by atoms with E-state index in [1.807, 2.05) is 52.0 Å². The van der Waals surface area contributed by atoms with Gasteiger partial charge in [-0.05, 0) is 24.6 Å². The van der Waals surface area contributed by atoms with Crippen molar-refractivity contribution >= 4 is 23.4 Å². The Morgan fingerprint density at radius 2 is 1.96 bits per heavy atom. The van der Waals surface area contributed by atoms with Crippen molar-refractivity contribution in [1.29, 1.82) is 0 Å². The highest BCUT2D eigenvalue weighted by Crippen LogP contribution is 2.21. The van der Waals surface area contributed by atoms with E-state index in [0.29, 0.717) is 13.2 Å². The predicted molar refractivity (Wildman–Crippen MR) is 103 cm³/mol. The normalized spacial score (nSPS) is 14.6. The average Bonchev–Trinajstić information content (AvgIpc) is 2.99. The summed E-state index contributed by atoms with van der Waals surface area (Å²) < 4.78 is 5.06. The third-order valence-electron chi connectivity index (χ3n) is 4.43. The zero-order chi connectivity index (χ0) is 20.2. The summed E-state index contributed by atoms with van der Waals surface area (Å²) in [6, 6.07) is 7.61. The molecule has 0 N–H and O–H groups in total. The van der Waals surface area contributed by atoms with Gasteiger partial charge in [0.15, 0.2) is 0 Å². The van der Waals surface area contributed by atoms with Crippen molar-refractivity contribution in [2.24, 2.45) is 5.41 Å². The maximum atomic E-state index is 12.8. The molecule has 7 heteroatoms. The summed E-state index contributed by atoms with van der Waals surface area (Å²) in [5.74, 6) is -0.485. The number of anilines is 1. The number of amides is 3. The van der Waals surface area contributed by atoms with Crippen LogP contribution in [0, 0.1) is 12.3 Å². The Balaban J connectivity index is 2.07. The van der Waals surface area contributed by atoms with Crippen molar-refractivity contribution in [2.75, 3.05) is 44.9 Å². The highest BCUT2D eigenvalue weighted by molar-refractivity contribution is 6.00. The molecular formula is C20H29N3O4. The molecule has 148 valence electrons. The summed E-state index contributed by atoms with van der Waals surface area (Å²) >= 11 is 0. The van der Waals surface area contributed by atoms with Gasteiger partial charge in [0.2, 0.25) is 17.7 Å². The summed E-state index contributed by atoms with van der Waals surface area (Å²) in [6.45, 7) is 8.26. The summed E-state index contributed by atoms with van der Waals surface area (Å²) in [5, 5.41) is 0. The van der Waals surface area contributed by atoms with Crippen LogP contribution < -0.4 is 4.90 Å². The van der Waals surface area contributed by atoms with Crippen molar-refractivity contribution in [1.82, 2.24) is 9.80 Å². The van der Waals surface area contributed by atoms with Crippen LogP contribution in [0.5, 0.6) is 0 Å². The van der Waals surface area contributed by atoms with E-state index in [1.54, 1.807) is 12.0 Å². The van der Waals surface area contributed by atoms with E-state index in [2.05, 4.69) is 0 Å². The molecule has 1 saturated heterocycles. The molecule has 0 spiro atoms. The van der Waals surface area contributed by atoms with Gasteiger partial charge in [-0.3, -0.25) is 19.3 Å². The fourth-order valence-electron chi connectivity index (χ4n) is 2.93. The number of methoxy groups -OCH3 is 1. The lowest BCUT2D eigenvalue weighted by Crippen LogP contribution is -2.47. The first-order valence-electron chi connectivity index (χ1n) is 9.06. The zero-order valence-electron chi connectivity index (χ0n) is 16.8. The third kappa shape index (κ3) is 5.29. The Kier molecular flexibility index (Phi) is 6.59. The Bertz CT molecular complexity index is 711. The molecule has 1 aromatic rings. The van der Waals surface area contributed by atoms with Gasteiger partial charge in [-0.2, -0.15) is 0 Å². The number of carbonyl (C=O) groups is 3. The lowest BCUT2D eigenvalue weighted by Gasteiger charge is -2.30. The van der Waals surface area contributed by atoms with Gasteiger partial charge < -0.3 is 14.5 Å². The van der Waals surface area contributed by atoms with E-state index in [9.17, 15) is 14.4 Å². The van der Waals surface area contributed by atoms with Crippen LogP contribution in [0.4, 0.5) is 5.69 Å². The minimum Gasteiger partial charge on any atom is -0.383 e. The molecule has 0 aromatic heterocycles. The van der Waals surface area contributed by atoms with Gasteiger partial charge in [-0.1, -0.05) is 32.9 Å². The first-order valence-corrected chi connectivity index (χ1v) is 9.06. The van der Waals surface area contributed by atoms with Crippen LogP contribution in [0.25, 0.3) is 0 Å². The Morgan fingerprint density at radius 3 is 2.56 bits per heavy atom. The molecule has 1 fully saturated rings. The molecule has 0 bridgehead atoms. The number of rotatable bonds is 6. The molecule has 0 saturated carbocycles. The van der Waals surface area contributed by atoms with E-state index in [0.717, 1.165) is 11.3 Å². The fourth-order valence-corrected chi connectivity index (χ4v) is 2.93. The van der Waals surface area contributed by atoms with Crippen LogP contribution in [-0.4, -0.2) is 67.5 Å². The number of ether oxygens (including phenoxy) is 1. The number of carbonyl (C=O) groups excluding carboxylic acids is 3. The third-order valence-corrected chi connectivity index (χ3v) is 4.43. The quantitative estimate of drug-likeness (QED) is 0.758. The first-order chi connectivity index (χ1) is 12.6. The second-order valence-electron chi connectivity index (χ2n) is 7.86. The van der Waals surface area contributed by atoms with Crippen LogP contribution in [0.3, 0.4) is 0 Å². The zero-order valence-corrected chi connectivity index (χ0v) is 16.8. The fraction of sp³-hybridized carbons (Fsp3) is 0.550.